The summed E-state index contributed by atoms with van der Waals surface area (Å²) in [6.45, 7) is 4.59. The molecule has 0 spiro atoms. The van der Waals surface area contributed by atoms with E-state index in [2.05, 4.69) is 6.92 Å². The Labute approximate surface area is 106 Å². The van der Waals surface area contributed by atoms with Crippen LogP contribution in [-0.4, -0.2) is 23.3 Å². The van der Waals surface area contributed by atoms with Crippen molar-refractivity contribution in [2.24, 2.45) is 0 Å². The Hall–Kier alpha value is -1.00. The number of aliphatic hydroxyl groups is 1. The zero-order valence-electron chi connectivity index (χ0n) is 10.1. The van der Waals surface area contributed by atoms with Crippen molar-refractivity contribution in [1.29, 1.82) is 0 Å². The van der Waals surface area contributed by atoms with E-state index in [1.54, 1.807) is 18.7 Å². The summed E-state index contributed by atoms with van der Waals surface area (Å²) in [5, 5.41) is 9.56. The Morgan fingerprint density at radius 3 is 2.94 bits per heavy atom. The van der Waals surface area contributed by atoms with Gasteiger partial charge in [-0.2, -0.15) is 0 Å². The minimum atomic E-state index is -0.460. The molecule has 1 heterocycles. The minimum Gasteiger partial charge on any atom is -0.389 e. The molecule has 0 bridgehead atoms. The molecule has 1 aromatic rings. The second-order valence-electron chi connectivity index (χ2n) is 4.24. The van der Waals surface area contributed by atoms with Crippen molar-refractivity contribution in [3.8, 4) is 0 Å². The fraction of sp³-hybridized carbons (Fsp3) is 0.462. The summed E-state index contributed by atoms with van der Waals surface area (Å²) >= 11 is 1.56. The zero-order valence-corrected chi connectivity index (χ0v) is 11.0. The second kappa shape index (κ2) is 5.10. The Morgan fingerprint density at radius 2 is 2.29 bits per heavy atom. The Bertz CT molecular complexity index is 431. The molecule has 3 nitrogen and oxygen atoms in total. The van der Waals surface area contributed by atoms with Crippen molar-refractivity contribution in [1.82, 2.24) is 0 Å². The third kappa shape index (κ3) is 2.48. The third-order valence-corrected chi connectivity index (χ3v) is 3.89. The van der Waals surface area contributed by atoms with Crippen molar-refractivity contribution in [2.45, 2.75) is 31.3 Å². The maximum atomic E-state index is 11.8. The number of aliphatic hydroxyl groups excluding tert-OH is 1. The molecule has 0 aromatic heterocycles. The van der Waals surface area contributed by atoms with Gasteiger partial charge in [0.15, 0.2) is 0 Å². The van der Waals surface area contributed by atoms with Crippen molar-refractivity contribution in [2.75, 3.05) is 17.2 Å². The number of nitrogens with zero attached hydrogens (tertiary/aromatic N) is 1. The standard InChI is InChI=1S/C13H17NO2S/c1-3-6-14-11-5-4-10(9(2)15)7-12(11)17-8-13(14)16/h4-5,7,9,15H,3,6,8H2,1-2H3. The van der Waals surface area contributed by atoms with Gasteiger partial charge in [-0.15, -0.1) is 11.8 Å². The van der Waals surface area contributed by atoms with Crippen LogP contribution in [0.15, 0.2) is 23.1 Å². The van der Waals surface area contributed by atoms with Crippen LogP contribution >= 0.6 is 11.8 Å². The molecule has 0 aliphatic carbocycles. The lowest BCUT2D eigenvalue weighted by atomic mass is 10.1. The summed E-state index contributed by atoms with van der Waals surface area (Å²) in [5.74, 6) is 0.671. The van der Waals surface area contributed by atoms with Gasteiger partial charge in [-0.25, -0.2) is 0 Å². The van der Waals surface area contributed by atoms with Crippen molar-refractivity contribution >= 4 is 23.4 Å². The molecule has 0 radical (unpaired) electrons. The average Bonchev–Trinajstić information content (AvgIpc) is 2.32. The number of anilines is 1. The largest absolute Gasteiger partial charge is 0.389 e. The fourth-order valence-corrected chi connectivity index (χ4v) is 2.93. The van der Waals surface area contributed by atoms with E-state index in [0.717, 1.165) is 29.1 Å². The van der Waals surface area contributed by atoms with Crippen LogP contribution in [-0.2, 0) is 4.79 Å². The highest BCUT2D eigenvalue weighted by Crippen LogP contribution is 2.37. The van der Waals surface area contributed by atoms with Crippen LogP contribution in [0.4, 0.5) is 5.69 Å². The molecule has 1 aliphatic rings. The van der Waals surface area contributed by atoms with Gasteiger partial charge in [0.25, 0.3) is 0 Å². The predicted octanol–water partition coefficient (Wildman–Crippen LogP) is 2.59. The van der Waals surface area contributed by atoms with Gasteiger partial charge >= 0.3 is 0 Å². The first-order valence-electron chi connectivity index (χ1n) is 5.88. The lowest BCUT2D eigenvalue weighted by molar-refractivity contribution is -0.116. The quantitative estimate of drug-likeness (QED) is 0.897. The highest BCUT2D eigenvalue weighted by atomic mass is 32.2. The number of hydrogen-bond acceptors (Lipinski definition) is 3. The summed E-state index contributed by atoms with van der Waals surface area (Å²) in [5.41, 5.74) is 1.89. The van der Waals surface area contributed by atoms with E-state index >= 15 is 0 Å². The monoisotopic (exact) mass is 251 g/mol. The van der Waals surface area contributed by atoms with Crippen molar-refractivity contribution in [3.05, 3.63) is 23.8 Å². The van der Waals surface area contributed by atoms with Crippen LogP contribution < -0.4 is 4.90 Å². The number of fused-ring (bicyclic) bond motifs is 1. The van der Waals surface area contributed by atoms with Gasteiger partial charge in [-0.1, -0.05) is 13.0 Å². The maximum Gasteiger partial charge on any atom is 0.237 e. The van der Waals surface area contributed by atoms with Gasteiger partial charge in [-0.3, -0.25) is 4.79 Å². The normalized spacial score (nSPS) is 16.9. The van der Waals surface area contributed by atoms with Crippen LogP contribution in [0.3, 0.4) is 0 Å². The number of amides is 1. The molecule has 92 valence electrons. The molecule has 4 heteroatoms. The molecule has 1 unspecified atom stereocenters. The summed E-state index contributed by atoms with van der Waals surface area (Å²) in [4.78, 5) is 14.8. The van der Waals surface area contributed by atoms with Crippen molar-refractivity contribution < 1.29 is 9.90 Å². The molecule has 0 saturated carbocycles. The Balaban J connectivity index is 2.37. The summed E-state index contributed by atoms with van der Waals surface area (Å²) in [6.07, 6.45) is 0.492. The minimum absolute atomic E-state index is 0.175. The zero-order chi connectivity index (χ0) is 12.4. The number of carbonyl (C=O) groups is 1. The maximum absolute atomic E-state index is 11.8. The van der Waals surface area contributed by atoms with Crippen LogP contribution in [0.5, 0.6) is 0 Å². The number of hydrogen-bond donors (Lipinski definition) is 1. The van der Waals surface area contributed by atoms with E-state index in [0.29, 0.717) is 5.75 Å². The molecule has 2 rings (SSSR count). The number of rotatable bonds is 3. The summed E-state index contributed by atoms with van der Waals surface area (Å²) < 4.78 is 0. The number of benzene rings is 1. The fourth-order valence-electron chi connectivity index (χ4n) is 1.95. The molecule has 1 amide bonds. The van der Waals surface area contributed by atoms with Gasteiger partial charge in [0.2, 0.25) is 5.91 Å². The van der Waals surface area contributed by atoms with Gasteiger partial charge < -0.3 is 10.0 Å². The van der Waals surface area contributed by atoms with Crippen LogP contribution in [0.2, 0.25) is 0 Å². The van der Waals surface area contributed by atoms with E-state index in [-0.39, 0.29) is 5.91 Å². The average molecular weight is 251 g/mol. The highest BCUT2D eigenvalue weighted by Gasteiger charge is 2.24. The summed E-state index contributed by atoms with van der Waals surface area (Å²) in [7, 11) is 0. The lowest BCUT2D eigenvalue weighted by Crippen LogP contribution is -2.35. The number of thioether (sulfide) groups is 1. The van der Waals surface area contributed by atoms with Crippen LogP contribution in [0.25, 0.3) is 0 Å². The first kappa shape index (κ1) is 12.5. The predicted molar refractivity (Wildman–Crippen MR) is 70.4 cm³/mol. The van der Waals surface area contributed by atoms with E-state index < -0.39 is 6.10 Å². The first-order valence-corrected chi connectivity index (χ1v) is 6.87. The van der Waals surface area contributed by atoms with Crippen LogP contribution in [0.1, 0.15) is 31.9 Å². The van der Waals surface area contributed by atoms with E-state index in [4.69, 9.17) is 0 Å². The first-order chi connectivity index (χ1) is 8.13. The molecule has 1 N–H and O–H groups in total. The van der Waals surface area contributed by atoms with Gasteiger partial charge in [-0.05, 0) is 31.0 Å². The lowest BCUT2D eigenvalue weighted by Gasteiger charge is -2.29. The molecule has 1 aromatic carbocycles. The molecule has 0 fully saturated rings. The van der Waals surface area contributed by atoms with E-state index in [1.807, 2.05) is 23.1 Å². The topological polar surface area (TPSA) is 40.5 Å². The smallest absolute Gasteiger partial charge is 0.237 e. The van der Waals surface area contributed by atoms with Gasteiger partial charge in [0.1, 0.15) is 0 Å². The second-order valence-corrected chi connectivity index (χ2v) is 5.25. The summed E-state index contributed by atoms with van der Waals surface area (Å²) in [6, 6.07) is 5.82. The van der Waals surface area contributed by atoms with E-state index in [1.165, 1.54) is 0 Å². The Kier molecular flexibility index (Phi) is 3.74. The number of carbonyl (C=O) groups excluding carboxylic acids is 1. The Morgan fingerprint density at radius 1 is 1.53 bits per heavy atom. The van der Waals surface area contributed by atoms with Crippen LogP contribution in [0, 0.1) is 0 Å². The molecular weight excluding hydrogens is 234 g/mol. The molecule has 1 aliphatic heterocycles. The molecule has 0 saturated heterocycles. The van der Waals surface area contributed by atoms with Gasteiger partial charge in [0, 0.05) is 11.4 Å². The van der Waals surface area contributed by atoms with E-state index in [9.17, 15) is 9.90 Å². The van der Waals surface area contributed by atoms with Gasteiger partial charge in [0.05, 0.1) is 17.5 Å². The molecular formula is C13H17NO2S. The van der Waals surface area contributed by atoms with Crippen molar-refractivity contribution in [3.63, 3.8) is 0 Å². The third-order valence-electron chi connectivity index (χ3n) is 2.86. The molecule has 17 heavy (non-hydrogen) atoms. The highest BCUT2D eigenvalue weighted by molar-refractivity contribution is 8.00. The molecule has 1 atom stereocenters. The SMILES string of the molecule is CCCN1C(=O)CSc2cc(C(C)O)ccc21.